The maximum absolute atomic E-state index is 13.2. The molecule has 12 N–H and O–H groups in total. The first-order chi connectivity index (χ1) is 37.3. The molecule has 17 unspecified atom stereocenters. The monoisotopic (exact) mass is 1110 g/mol. The lowest BCUT2D eigenvalue weighted by Gasteiger charge is -2.48. The predicted octanol–water partition coefficient (Wildman–Crippen LogP) is 5.15. The summed E-state index contributed by atoms with van der Waals surface area (Å²) in [7, 11) is 0. The summed E-state index contributed by atoms with van der Waals surface area (Å²) in [6.45, 7) is 1.59. The van der Waals surface area contributed by atoms with Crippen molar-refractivity contribution in [1.29, 1.82) is 0 Å². The van der Waals surface area contributed by atoms with Crippen LogP contribution in [0.2, 0.25) is 0 Å². The highest BCUT2D eigenvalue weighted by atomic mass is 16.8. The first-order valence-electron chi connectivity index (χ1n) is 30.1. The zero-order valence-electron chi connectivity index (χ0n) is 46.9. The number of amides is 1. The number of hydrogen-bond acceptors (Lipinski definition) is 18. The van der Waals surface area contributed by atoms with E-state index in [1.165, 1.54) is 135 Å². The summed E-state index contributed by atoms with van der Waals surface area (Å²) in [4.78, 5) is 13.2. The number of hydrogen-bond donors (Lipinski definition) is 12. The van der Waals surface area contributed by atoms with Gasteiger partial charge in [-0.3, -0.25) is 4.79 Å². The lowest BCUT2D eigenvalue weighted by Crippen LogP contribution is -2.66. The maximum atomic E-state index is 13.2. The average Bonchev–Trinajstić information content (AvgIpc) is 3.43. The third kappa shape index (κ3) is 26.4. The van der Waals surface area contributed by atoms with E-state index in [4.69, 9.17) is 28.4 Å². The highest BCUT2D eigenvalue weighted by Crippen LogP contribution is 2.33. The van der Waals surface area contributed by atoms with Crippen LogP contribution in [0, 0.1) is 0 Å². The molecule has 0 aliphatic carbocycles. The number of carbonyl (C=O) groups is 1. The minimum atomic E-state index is -1.98. The zero-order chi connectivity index (χ0) is 56.2. The Labute approximate surface area is 460 Å². The Bertz CT molecular complexity index is 1510. The molecule has 1 amide bonds. The van der Waals surface area contributed by atoms with Gasteiger partial charge in [0.05, 0.1) is 38.6 Å². The van der Waals surface area contributed by atoms with Crippen molar-refractivity contribution in [2.75, 3.05) is 26.4 Å². The van der Waals surface area contributed by atoms with E-state index in [9.17, 15) is 61.0 Å². The van der Waals surface area contributed by atoms with Crippen molar-refractivity contribution in [2.45, 2.75) is 311 Å². The van der Waals surface area contributed by atoms with Crippen LogP contribution in [0.1, 0.15) is 206 Å². The molecule has 3 saturated heterocycles. The van der Waals surface area contributed by atoms with E-state index < -0.39 is 124 Å². The molecule has 77 heavy (non-hydrogen) atoms. The van der Waals surface area contributed by atoms with Crippen molar-refractivity contribution in [3.8, 4) is 0 Å². The molecular weight excluding hydrogens is 999 g/mol. The van der Waals surface area contributed by atoms with Gasteiger partial charge in [0.15, 0.2) is 18.9 Å². The Morgan fingerprint density at radius 2 is 0.831 bits per heavy atom. The smallest absolute Gasteiger partial charge is 0.220 e. The highest BCUT2D eigenvalue weighted by Gasteiger charge is 2.53. The molecule has 3 aliphatic heterocycles. The molecule has 0 aromatic carbocycles. The molecule has 0 spiro atoms. The van der Waals surface area contributed by atoms with Gasteiger partial charge < -0.3 is 89.9 Å². The minimum absolute atomic E-state index is 0.239. The number of aliphatic hydroxyl groups is 11. The molecular formula is C58H107NO18. The van der Waals surface area contributed by atoms with Crippen LogP contribution in [0.4, 0.5) is 0 Å². The Morgan fingerprint density at radius 1 is 0.455 bits per heavy atom. The van der Waals surface area contributed by atoms with E-state index in [0.29, 0.717) is 12.8 Å². The van der Waals surface area contributed by atoms with Gasteiger partial charge in [-0.15, -0.1) is 0 Å². The fourth-order valence-electron chi connectivity index (χ4n) is 10.3. The molecule has 0 aromatic rings. The molecule has 3 rings (SSSR count). The molecule has 452 valence electrons. The van der Waals surface area contributed by atoms with Gasteiger partial charge in [0.2, 0.25) is 5.91 Å². The molecule has 0 radical (unpaired) electrons. The second-order valence-electron chi connectivity index (χ2n) is 21.8. The van der Waals surface area contributed by atoms with E-state index >= 15 is 0 Å². The van der Waals surface area contributed by atoms with Crippen LogP contribution < -0.4 is 5.32 Å². The van der Waals surface area contributed by atoms with Gasteiger partial charge in [-0.25, -0.2) is 0 Å². The van der Waals surface area contributed by atoms with Gasteiger partial charge in [-0.1, -0.05) is 199 Å². The van der Waals surface area contributed by atoms with Gasteiger partial charge in [-0.2, -0.15) is 0 Å². The Hall–Kier alpha value is -1.73. The van der Waals surface area contributed by atoms with Gasteiger partial charge >= 0.3 is 0 Å². The molecule has 0 saturated carbocycles. The van der Waals surface area contributed by atoms with Crippen LogP contribution in [0.3, 0.4) is 0 Å². The van der Waals surface area contributed by atoms with E-state index in [2.05, 4.69) is 31.3 Å². The second kappa shape index (κ2) is 42.1. The Kier molecular flexibility index (Phi) is 38.1. The van der Waals surface area contributed by atoms with Crippen LogP contribution in [0.15, 0.2) is 24.3 Å². The number of aliphatic hydroxyl groups excluding tert-OH is 11. The first-order valence-corrected chi connectivity index (χ1v) is 30.1. The van der Waals surface area contributed by atoms with Crippen LogP contribution in [-0.4, -0.2) is 193 Å². The van der Waals surface area contributed by atoms with Gasteiger partial charge in [-0.05, 0) is 25.7 Å². The fourth-order valence-corrected chi connectivity index (χ4v) is 10.3. The van der Waals surface area contributed by atoms with Crippen LogP contribution in [-0.2, 0) is 33.2 Å². The van der Waals surface area contributed by atoms with Gasteiger partial charge in [0, 0.05) is 6.42 Å². The van der Waals surface area contributed by atoms with E-state index in [-0.39, 0.29) is 18.9 Å². The Morgan fingerprint density at radius 3 is 1.27 bits per heavy atom. The van der Waals surface area contributed by atoms with E-state index in [1.54, 1.807) is 6.08 Å². The van der Waals surface area contributed by atoms with Crippen molar-refractivity contribution in [3.05, 3.63) is 24.3 Å². The lowest BCUT2D eigenvalue weighted by atomic mass is 9.96. The van der Waals surface area contributed by atoms with Crippen LogP contribution in [0.5, 0.6) is 0 Å². The number of allylic oxidation sites excluding steroid dienone is 3. The van der Waals surface area contributed by atoms with Crippen molar-refractivity contribution in [1.82, 2.24) is 5.32 Å². The molecule has 17 atom stereocenters. The molecule has 0 bridgehead atoms. The number of unbranched alkanes of at least 4 members (excludes halogenated alkanes) is 26. The summed E-state index contributed by atoms with van der Waals surface area (Å²) in [6.07, 6.45) is 16.6. The molecule has 0 aromatic heterocycles. The van der Waals surface area contributed by atoms with Crippen molar-refractivity contribution >= 4 is 5.91 Å². The summed E-state index contributed by atoms with van der Waals surface area (Å²) in [5.41, 5.74) is 0. The highest BCUT2D eigenvalue weighted by molar-refractivity contribution is 5.76. The SMILES string of the molecule is CCC/C=C/CC/C=C/C(O)C(COC1OC(CO)C(OC2OC(CO)C(OC3OC(CO)C(O)C(O)C3O)C(O)C2O)C(O)C1O)NC(=O)CCCCCCCCCCCCCCCCCCCCCCCCCCC. The summed E-state index contributed by atoms with van der Waals surface area (Å²) in [6, 6.07) is -0.982. The number of ether oxygens (including phenoxy) is 6. The topological polar surface area (TPSA) is 307 Å². The summed E-state index contributed by atoms with van der Waals surface area (Å²) < 4.78 is 34.1. The van der Waals surface area contributed by atoms with Crippen LogP contribution in [0.25, 0.3) is 0 Å². The normalized spacial score (nSPS) is 30.8. The van der Waals surface area contributed by atoms with E-state index in [0.717, 1.165) is 38.5 Å². The van der Waals surface area contributed by atoms with E-state index in [1.807, 2.05) is 6.08 Å². The largest absolute Gasteiger partial charge is 0.394 e. The predicted molar refractivity (Wildman–Crippen MR) is 291 cm³/mol. The van der Waals surface area contributed by atoms with Crippen LogP contribution >= 0.6 is 0 Å². The molecule has 3 heterocycles. The van der Waals surface area contributed by atoms with Crippen molar-refractivity contribution in [2.24, 2.45) is 0 Å². The fraction of sp³-hybridized carbons (Fsp3) is 0.914. The summed E-state index contributed by atoms with van der Waals surface area (Å²) >= 11 is 0. The molecule has 3 aliphatic rings. The Balaban J connectivity index is 1.39. The third-order valence-electron chi connectivity index (χ3n) is 15.2. The maximum Gasteiger partial charge on any atom is 0.220 e. The second-order valence-corrected chi connectivity index (χ2v) is 21.8. The number of nitrogens with one attached hydrogen (secondary N) is 1. The number of rotatable bonds is 44. The standard InChI is InChI=1S/C58H107NO18/c1-3-5-7-9-11-12-13-14-15-16-17-18-19-20-21-22-23-24-25-26-27-28-30-32-34-36-46(64)59-41(42(63)35-33-31-29-10-8-6-4-2)40-72-56-52(70)49(67)54(44(38-61)74-56)77-58-53(71)50(68)55(45(39-62)75-58)76-57-51(69)48(66)47(65)43(37-60)73-57/h8,10,33,35,41-45,47-58,60-63,65-71H,3-7,9,11-32,34,36-40H2,1-2H3,(H,59,64)/b10-8+,35-33+. The number of carbonyl (C=O) groups excluding carboxylic acids is 1. The molecule has 19 heteroatoms. The zero-order valence-corrected chi connectivity index (χ0v) is 46.9. The van der Waals surface area contributed by atoms with Crippen molar-refractivity contribution < 1.29 is 89.4 Å². The molecule has 19 nitrogen and oxygen atoms in total. The lowest BCUT2D eigenvalue weighted by molar-refractivity contribution is -0.379. The first kappa shape index (κ1) is 69.5. The quantitative estimate of drug-likeness (QED) is 0.0277. The molecule has 3 fully saturated rings. The minimum Gasteiger partial charge on any atom is -0.394 e. The summed E-state index contributed by atoms with van der Waals surface area (Å²) in [5, 5.41) is 120. The third-order valence-corrected chi connectivity index (χ3v) is 15.2. The van der Waals surface area contributed by atoms with Crippen molar-refractivity contribution in [3.63, 3.8) is 0 Å². The summed E-state index contributed by atoms with van der Waals surface area (Å²) in [5.74, 6) is -0.287. The van der Waals surface area contributed by atoms with Gasteiger partial charge in [0.1, 0.15) is 73.2 Å². The van der Waals surface area contributed by atoms with Gasteiger partial charge in [0.25, 0.3) is 0 Å². The average molecular weight is 1110 g/mol.